The van der Waals surface area contributed by atoms with Crippen LogP contribution in [0.25, 0.3) is 32.6 Å². The van der Waals surface area contributed by atoms with Crippen molar-refractivity contribution < 1.29 is 5.11 Å². The SMILES string of the molecule is Cc1c2cnccc2c(C)c2c1[nH]c1ccc(O)cc12. The predicted octanol–water partition coefficient (Wildman–Crippen LogP) is 4.19. The number of nitrogens with one attached hydrogen (secondary N) is 1. The fourth-order valence-corrected chi connectivity index (χ4v) is 3.14. The van der Waals surface area contributed by atoms with Crippen LogP contribution < -0.4 is 0 Å². The molecule has 0 radical (unpaired) electrons. The summed E-state index contributed by atoms with van der Waals surface area (Å²) in [7, 11) is 0. The summed E-state index contributed by atoms with van der Waals surface area (Å²) in [6.07, 6.45) is 3.74. The Morgan fingerprint density at radius 2 is 1.85 bits per heavy atom. The Hall–Kier alpha value is -2.55. The largest absolute Gasteiger partial charge is 0.508 e. The quantitative estimate of drug-likeness (QED) is 0.499. The average molecular weight is 262 g/mol. The van der Waals surface area contributed by atoms with E-state index in [1.807, 2.05) is 24.5 Å². The molecule has 2 heterocycles. The van der Waals surface area contributed by atoms with Gasteiger partial charge in [-0.15, -0.1) is 0 Å². The molecule has 2 N–H and O–H groups in total. The smallest absolute Gasteiger partial charge is 0.116 e. The molecule has 0 aliphatic rings. The van der Waals surface area contributed by atoms with E-state index >= 15 is 0 Å². The standard InChI is InChI=1S/C17H14N2O/c1-9-12-5-6-18-8-14(12)10(2)17-16(9)13-7-11(20)3-4-15(13)19-17/h3-8,19-20H,1-2H3. The predicted molar refractivity (Wildman–Crippen MR) is 82.2 cm³/mol. The second-order valence-electron chi connectivity index (χ2n) is 5.28. The zero-order valence-electron chi connectivity index (χ0n) is 11.4. The van der Waals surface area contributed by atoms with Crippen LogP contribution >= 0.6 is 0 Å². The minimum Gasteiger partial charge on any atom is -0.508 e. The molecule has 2 aromatic heterocycles. The number of aryl methyl sites for hydroxylation is 2. The van der Waals surface area contributed by atoms with Crippen molar-refractivity contribution in [1.82, 2.24) is 9.97 Å². The maximum absolute atomic E-state index is 9.76. The Labute approximate surface area is 115 Å². The van der Waals surface area contributed by atoms with Crippen molar-refractivity contribution in [2.45, 2.75) is 13.8 Å². The molecule has 0 amide bonds. The lowest BCUT2D eigenvalue weighted by Gasteiger charge is -2.08. The van der Waals surface area contributed by atoms with Gasteiger partial charge in [-0.05, 0) is 54.6 Å². The van der Waals surface area contributed by atoms with Gasteiger partial charge in [0.25, 0.3) is 0 Å². The van der Waals surface area contributed by atoms with Crippen molar-refractivity contribution >= 4 is 32.6 Å². The summed E-state index contributed by atoms with van der Waals surface area (Å²) in [5.41, 5.74) is 4.60. The van der Waals surface area contributed by atoms with E-state index in [4.69, 9.17) is 0 Å². The summed E-state index contributed by atoms with van der Waals surface area (Å²) in [6, 6.07) is 7.52. The van der Waals surface area contributed by atoms with Gasteiger partial charge in [-0.1, -0.05) is 0 Å². The van der Waals surface area contributed by atoms with Gasteiger partial charge in [0.05, 0.1) is 5.52 Å². The van der Waals surface area contributed by atoms with Crippen LogP contribution in [0.4, 0.5) is 0 Å². The van der Waals surface area contributed by atoms with E-state index in [2.05, 4.69) is 29.9 Å². The van der Waals surface area contributed by atoms with E-state index in [9.17, 15) is 5.11 Å². The van der Waals surface area contributed by atoms with Crippen LogP contribution in [0.1, 0.15) is 11.1 Å². The van der Waals surface area contributed by atoms with Crippen molar-refractivity contribution in [2.24, 2.45) is 0 Å². The van der Waals surface area contributed by atoms with Crippen molar-refractivity contribution in [3.8, 4) is 5.75 Å². The lowest BCUT2D eigenvalue weighted by molar-refractivity contribution is 0.476. The highest BCUT2D eigenvalue weighted by Gasteiger charge is 2.14. The van der Waals surface area contributed by atoms with E-state index in [1.165, 1.54) is 27.3 Å². The number of H-pyrrole nitrogens is 1. The Kier molecular flexibility index (Phi) is 2.11. The average Bonchev–Trinajstić information content (AvgIpc) is 2.84. The second-order valence-corrected chi connectivity index (χ2v) is 5.28. The van der Waals surface area contributed by atoms with Gasteiger partial charge in [0.1, 0.15) is 5.75 Å². The molecular formula is C17H14N2O. The first-order chi connectivity index (χ1) is 9.66. The topological polar surface area (TPSA) is 48.9 Å². The van der Waals surface area contributed by atoms with E-state index < -0.39 is 0 Å². The van der Waals surface area contributed by atoms with Crippen LogP contribution in [-0.4, -0.2) is 15.1 Å². The number of rotatable bonds is 0. The minimum absolute atomic E-state index is 0.297. The van der Waals surface area contributed by atoms with Crippen LogP contribution in [0.15, 0.2) is 36.7 Å². The molecule has 0 unspecified atom stereocenters. The molecule has 0 saturated carbocycles. The maximum atomic E-state index is 9.76. The lowest BCUT2D eigenvalue weighted by atomic mass is 9.97. The Balaban J connectivity index is 2.36. The van der Waals surface area contributed by atoms with Crippen molar-refractivity contribution in [3.05, 3.63) is 47.8 Å². The number of nitrogens with zero attached hydrogens (tertiary/aromatic N) is 1. The first kappa shape index (κ1) is 11.3. The Bertz CT molecular complexity index is 983. The molecule has 3 heteroatoms. The third-order valence-electron chi connectivity index (χ3n) is 4.16. The summed E-state index contributed by atoms with van der Waals surface area (Å²) in [5.74, 6) is 0.297. The summed E-state index contributed by atoms with van der Waals surface area (Å²) < 4.78 is 0. The highest BCUT2D eigenvalue weighted by atomic mass is 16.3. The van der Waals surface area contributed by atoms with Gasteiger partial charge >= 0.3 is 0 Å². The highest BCUT2D eigenvalue weighted by molar-refractivity contribution is 6.16. The number of phenolic OH excluding ortho intramolecular Hbond substituents is 1. The van der Waals surface area contributed by atoms with Gasteiger partial charge in [0, 0.05) is 34.1 Å². The summed E-state index contributed by atoms with van der Waals surface area (Å²) >= 11 is 0. The molecule has 0 saturated heterocycles. The van der Waals surface area contributed by atoms with E-state index in [0.717, 1.165) is 16.4 Å². The van der Waals surface area contributed by atoms with E-state index in [1.54, 1.807) is 6.07 Å². The molecular weight excluding hydrogens is 248 g/mol. The normalized spacial score (nSPS) is 11.7. The van der Waals surface area contributed by atoms with E-state index in [0.29, 0.717) is 5.75 Å². The third-order valence-corrected chi connectivity index (χ3v) is 4.16. The van der Waals surface area contributed by atoms with Crippen LogP contribution in [0.3, 0.4) is 0 Å². The summed E-state index contributed by atoms with van der Waals surface area (Å²) in [6.45, 7) is 4.24. The number of aromatic nitrogens is 2. The second kappa shape index (κ2) is 3.73. The van der Waals surface area contributed by atoms with Crippen molar-refractivity contribution in [3.63, 3.8) is 0 Å². The number of fused-ring (bicyclic) bond motifs is 4. The number of hydrogen-bond acceptors (Lipinski definition) is 2. The summed E-state index contributed by atoms with van der Waals surface area (Å²) in [5, 5.41) is 14.4. The van der Waals surface area contributed by atoms with Crippen LogP contribution in [0, 0.1) is 13.8 Å². The lowest BCUT2D eigenvalue weighted by Crippen LogP contribution is -1.87. The van der Waals surface area contributed by atoms with Crippen molar-refractivity contribution in [2.75, 3.05) is 0 Å². The van der Waals surface area contributed by atoms with Gasteiger partial charge in [0.15, 0.2) is 0 Å². The molecule has 2 aromatic carbocycles. The van der Waals surface area contributed by atoms with Crippen LogP contribution in [0.5, 0.6) is 5.75 Å². The minimum atomic E-state index is 0.297. The molecule has 4 rings (SSSR count). The summed E-state index contributed by atoms with van der Waals surface area (Å²) in [4.78, 5) is 7.70. The fraction of sp³-hybridized carbons (Fsp3) is 0.118. The van der Waals surface area contributed by atoms with Gasteiger partial charge in [-0.3, -0.25) is 4.98 Å². The number of phenols is 1. The fourth-order valence-electron chi connectivity index (χ4n) is 3.14. The molecule has 0 bridgehead atoms. The maximum Gasteiger partial charge on any atom is 0.116 e. The van der Waals surface area contributed by atoms with Gasteiger partial charge in [0.2, 0.25) is 0 Å². The Morgan fingerprint density at radius 1 is 1.00 bits per heavy atom. The number of hydrogen-bond donors (Lipinski definition) is 2. The zero-order chi connectivity index (χ0) is 13.9. The van der Waals surface area contributed by atoms with Gasteiger partial charge < -0.3 is 10.1 Å². The van der Waals surface area contributed by atoms with Crippen molar-refractivity contribution in [1.29, 1.82) is 0 Å². The Morgan fingerprint density at radius 3 is 2.70 bits per heavy atom. The molecule has 98 valence electrons. The molecule has 20 heavy (non-hydrogen) atoms. The number of pyridine rings is 1. The monoisotopic (exact) mass is 262 g/mol. The number of aromatic hydroxyl groups is 1. The molecule has 0 aliphatic carbocycles. The first-order valence-corrected chi connectivity index (χ1v) is 6.64. The van der Waals surface area contributed by atoms with Gasteiger partial charge in [-0.25, -0.2) is 0 Å². The van der Waals surface area contributed by atoms with E-state index in [-0.39, 0.29) is 0 Å². The van der Waals surface area contributed by atoms with Crippen LogP contribution in [0.2, 0.25) is 0 Å². The molecule has 0 atom stereocenters. The third kappa shape index (κ3) is 1.32. The highest BCUT2D eigenvalue weighted by Crippen LogP contribution is 2.37. The molecule has 4 aromatic rings. The molecule has 3 nitrogen and oxygen atoms in total. The first-order valence-electron chi connectivity index (χ1n) is 6.64. The molecule has 0 spiro atoms. The zero-order valence-corrected chi connectivity index (χ0v) is 11.4. The number of aromatic amines is 1. The number of benzene rings is 2. The van der Waals surface area contributed by atoms with Gasteiger partial charge in [-0.2, -0.15) is 0 Å². The molecule has 0 fully saturated rings. The molecule has 0 aliphatic heterocycles. The van der Waals surface area contributed by atoms with Crippen LogP contribution in [-0.2, 0) is 0 Å².